The predicted octanol–water partition coefficient (Wildman–Crippen LogP) is 4.00. The predicted molar refractivity (Wildman–Crippen MR) is 128 cm³/mol. The van der Waals surface area contributed by atoms with Gasteiger partial charge >= 0.3 is 0 Å². The molecule has 0 radical (unpaired) electrons. The van der Waals surface area contributed by atoms with Crippen molar-refractivity contribution in [3.05, 3.63) is 65.4 Å². The highest BCUT2D eigenvalue weighted by Gasteiger charge is 2.15. The summed E-state index contributed by atoms with van der Waals surface area (Å²) in [7, 11) is 5.25. The highest BCUT2D eigenvalue weighted by atomic mass is 16.5. The highest BCUT2D eigenvalue weighted by Crippen LogP contribution is 2.31. The Hall–Kier alpha value is -3.48. The molecule has 0 fully saturated rings. The zero-order valence-electron chi connectivity index (χ0n) is 19.4. The van der Waals surface area contributed by atoms with Gasteiger partial charge in [0.05, 0.1) is 12.6 Å². The number of nitrogens with one attached hydrogen (secondary N) is 2. The van der Waals surface area contributed by atoms with Crippen molar-refractivity contribution in [3.63, 3.8) is 0 Å². The van der Waals surface area contributed by atoms with Gasteiger partial charge in [-0.1, -0.05) is 24.3 Å². The summed E-state index contributed by atoms with van der Waals surface area (Å²) in [6, 6.07) is 15.6. The lowest BCUT2D eigenvalue weighted by Crippen LogP contribution is -2.39. The van der Waals surface area contributed by atoms with Gasteiger partial charge in [0.1, 0.15) is 5.76 Å². The number of guanidine groups is 1. The number of nitrogens with zero attached hydrogens (tertiary/aromatic N) is 2. The van der Waals surface area contributed by atoms with E-state index in [1.165, 1.54) is 0 Å². The third-order valence-corrected chi connectivity index (χ3v) is 5.12. The molecule has 3 aromatic rings. The summed E-state index contributed by atoms with van der Waals surface area (Å²) < 4.78 is 11.8. The van der Waals surface area contributed by atoms with Gasteiger partial charge in [0, 0.05) is 38.6 Å². The number of ether oxygens (including phenoxy) is 1. The van der Waals surface area contributed by atoms with E-state index in [0.29, 0.717) is 24.7 Å². The fourth-order valence-electron chi connectivity index (χ4n) is 3.45. The number of carbonyl (C=O) groups excluding carboxylic acids is 1. The lowest BCUT2D eigenvalue weighted by Gasteiger charge is -2.16. The highest BCUT2D eigenvalue weighted by molar-refractivity contribution is 5.94. The zero-order valence-corrected chi connectivity index (χ0v) is 19.4. The van der Waals surface area contributed by atoms with Crippen LogP contribution in [0.3, 0.4) is 0 Å². The third kappa shape index (κ3) is 5.60. The van der Waals surface area contributed by atoms with Crippen molar-refractivity contribution >= 4 is 22.8 Å². The first kappa shape index (κ1) is 23.2. The molecule has 0 bridgehead atoms. The van der Waals surface area contributed by atoms with E-state index in [1.54, 1.807) is 26.0 Å². The van der Waals surface area contributed by atoms with Crippen LogP contribution in [0.15, 0.2) is 57.9 Å². The minimum atomic E-state index is -0.0795. The Morgan fingerprint density at radius 1 is 1.19 bits per heavy atom. The average Bonchev–Trinajstić information content (AvgIpc) is 3.24. The molecule has 3 rings (SSSR count). The number of amides is 1. The number of benzene rings is 2. The summed E-state index contributed by atoms with van der Waals surface area (Å²) in [6.07, 6.45) is 0.770. The lowest BCUT2D eigenvalue weighted by atomic mass is 10.1. The summed E-state index contributed by atoms with van der Waals surface area (Å²) in [5.41, 5.74) is 2.54. The second kappa shape index (κ2) is 10.7. The van der Waals surface area contributed by atoms with Crippen molar-refractivity contribution in [2.24, 2.45) is 4.99 Å². The first-order valence-corrected chi connectivity index (χ1v) is 10.9. The fourth-order valence-corrected chi connectivity index (χ4v) is 3.45. The van der Waals surface area contributed by atoms with Gasteiger partial charge in [-0.05, 0) is 50.1 Å². The van der Waals surface area contributed by atoms with Gasteiger partial charge in [-0.2, -0.15) is 0 Å². The van der Waals surface area contributed by atoms with Crippen LogP contribution in [0.5, 0.6) is 5.75 Å². The standard InChI is InChI=1S/C25H32N4O3/c1-6-31-21-12-8-10-19-16-22(32-23(19)21)17(2)28-25(26-3)27-14-13-18-9-7-11-20(15-18)24(30)29(4)5/h7-12,15-17H,6,13-14H2,1-5H3,(H2,26,27,28). The van der Waals surface area contributed by atoms with Crippen molar-refractivity contribution < 1.29 is 13.9 Å². The van der Waals surface area contributed by atoms with E-state index in [0.717, 1.165) is 34.5 Å². The number of furan rings is 1. The Morgan fingerprint density at radius 2 is 1.97 bits per heavy atom. The van der Waals surface area contributed by atoms with Crippen molar-refractivity contribution in [1.82, 2.24) is 15.5 Å². The first-order chi connectivity index (χ1) is 15.4. The minimum Gasteiger partial charge on any atom is -0.490 e. The molecule has 0 aliphatic carbocycles. The third-order valence-electron chi connectivity index (χ3n) is 5.12. The van der Waals surface area contributed by atoms with E-state index < -0.39 is 0 Å². The Balaban J connectivity index is 1.59. The summed E-state index contributed by atoms with van der Waals surface area (Å²) in [5, 5.41) is 7.71. The molecule has 1 aromatic heterocycles. The molecule has 7 heteroatoms. The Labute approximate surface area is 189 Å². The van der Waals surface area contributed by atoms with Gasteiger partial charge in [0.15, 0.2) is 17.3 Å². The van der Waals surface area contributed by atoms with Crippen LogP contribution in [-0.4, -0.2) is 51.1 Å². The van der Waals surface area contributed by atoms with Gasteiger partial charge in [-0.25, -0.2) is 0 Å². The number of hydrogen-bond acceptors (Lipinski definition) is 4. The maximum Gasteiger partial charge on any atom is 0.253 e. The first-order valence-electron chi connectivity index (χ1n) is 10.9. The molecule has 2 N–H and O–H groups in total. The molecule has 1 amide bonds. The summed E-state index contributed by atoms with van der Waals surface area (Å²) in [5.74, 6) is 2.25. The van der Waals surface area contributed by atoms with Gasteiger partial charge in [0.2, 0.25) is 0 Å². The number of carbonyl (C=O) groups is 1. The van der Waals surface area contributed by atoms with Crippen LogP contribution in [0, 0.1) is 0 Å². The maximum absolute atomic E-state index is 12.2. The molecule has 0 spiro atoms. The molecule has 1 atom stereocenters. The minimum absolute atomic E-state index is 0.00411. The number of hydrogen-bond donors (Lipinski definition) is 2. The van der Waals surface area contributed by atoms with Crippen molar-refractivity contribution in [2.75, 3.05) is 34.3 Å². The molecular weight excluding hydrogens is 404 g/mol. The molecule has 1 heterocycles. The quantitative estimate of drug-likeness (QED) is 0.412. The van der Waals surface area contributed by atoms with E-state index in [4.69, 9.17) is 9.15 Å². The van der Waals surface area contributed by atoms with E-state index >= 15 is 0 Å². The van der Waals surface area contributed by atoms with Crippen molar-refractivity contribution in [1.29, 1.82) is 0 Å². The van der Waals surface area contributed by atoms with Gasteiger partial charge < -0.3 is 24.7 Å². The molecule has 170 valence electrons. The van der Waals surface area contributed by atoms with E-state index in [-0.39, 0.29) is 11.9 Å². The van der Waals surface area contributed by atoms with E-state index in [2.05, 4.69) is 15.6 Å². The zero-order chi connectivity index (χ0) is 23.1. The van der Waals surface area contributed by atoms with Crippen molar-refractivity contribution in [2.45, 2.75) is 26.3 Å². The molecule has 2 aromatic carbocycles. The number of fused-ring (bicyclic) bond motifs is 1. The average molecular weight is 437 g/mol. The van der Waals surface area contributed by atoms with Gasteiger partial charge in [-0.3, -0.25) is 9.79 Å². The van der Waals surface area contributed by atoms with Crippen LogP contribution in [0.1, 0.15) is 41.6 Å². The SMILES string of the molecule is CCOc1cccc2cc(C(C)NC(=NC)NCCc3cccc(C(=O)N(C)C)c3)oc12. The second-order valence-electron chi connectivity index (χ2n) is 7.77. The van der Waals surface area contributed by atoms with Crippen LogP contribution < -0.4 is 15.4 Å². The topological polar surface area (TPSA) is 79.1 Å². The van der Waals surface area contributed by atoms with Crippen LogP contribution >= 0.6 is 0 Å². The number of para-hydroxylation sites is 1. The largest absolute Gasteiger partial charge is 0.490 e. The molecule has 0 aliphatic rings. The maximum atomic E-state index is 12.2. The molecule has 0 aliphatic heterocycles. The van der Waals surface area contributed by atoms with E-state index in [9.17, 15) is 4.79 Å². The molecular formula is C25H32N4O3. The van der Waals surface area contributed by atoms with Crippen LogP contribution in [0.25, 0.3) is 11.0 Å². The Bertz CT molecular complexity index is 1090. The molecule has 0 saturated heterocycles. The second-order valence-corrected chi connectivity index (χ2v) is 7.77. The van der Waals surface area contributed by atoms with Gasteiger partial charge in [-0.15, -0.1) is 0 Å². The van der Waals surface area contributed by atoms with Gasteiger partial charge in [0.25, 0.3) is 5.91 Å². The van der Waals surface area contributed by atoms with E-state index in [1.807, 2.05) is 62.4 Å². The smallest absolute Gasteiger partial charge is 0.253 e. The Morgan fingerprint density at radius 3 is 2.69 bits per heavy atom. The summed E-state index contributed by atoms with van der Waals surface area (Å²) in [4.78, 5) is 18.1. The molecule has 7 nitrogen and oxygen atoms in total. The summed E-state index contributed by atoms with van der Waals surface area (Å²) >= 11 is 0. The summed E-state index contributed by atoms with van der Waals surface area (Å²) in [6.45, 7) is 5.26. The molecule has 0 saturated carbocycles. The number of aliphatic imine (C=N–C) groups is 1. The van der Waals surface area contributed by atoms with Crippen molar-refractivity contribution in [3.8, 4) is 5.75 Å². The lowest BCUT2D eigenvalue weighted by molar-refractivity contribution is 0.0827. The fraction of sp³-hybridized carbons (Fsp3) is 0.360. The normalized spacial score (nSPS) is 12.5. The molecule has 1 unspecified atom stereocenters. The van der Waals surface area contributed by atoms with Crippen LogP contribution in [-0.2, 0) is 6.42 Å². The van der Waals surface area contributed by atoms with Crippen LogP contribution in [0.2, 0.25) is 0 Å². The Kier molecular flexibility index (Phi) is 7.76. The van der Waals surface area contributed by atoms with Crippen LogP contribution in [0.4, 0.5) is 0 Å². The monoisotopic (exact) mass is 436 g/mol. The number of rotatable bonds is 8. The molecule has 32 heavy (non-hydrogen) atoms.